The van der Waals surface area contributed by atoms with Crippen molar-refractivity contribution in [3.8, 4) is 10.7 Å². The molecule has 2 rings (SSSR count). The zero-order chi connectivity index (χ0) is 13.1. The van der Waals surface area contributed by atoms with Gasteiger partial charge < -0.3 is 5.32 Å². The molecular formula is C12H13Br2N3S. The molecule has 0 radical (unpaired) electrons. The van der Waals surface area contributed by atoms with Gasteiger partial charge in [0.05, 0.1) is 18.8 Å². The smallest absolute Gasteiger partial charge is 0.171 e. The minimum absolute atomic E-state index is 0.769. The van der Waals surface area contributed by atoms with Crippen molar-refractivity contribution in [2.24, 2.45) is 0 Å². The standard InChI is InChI=1S/C12H13Br2N3S/c1-3-6-15-12-10(14)7(2)16-11(17-12)8-4-5-9(13)18-8/h4-5H,3,6H2,1-2H3,(H,15,16,17). The molecule has 0 aromatic carbocycles. The predicted molar refractivity (Wildman–Crippen MR) is 84.3 cm³/mol. The first kappa shape index (κ1) is 14.0. The van der Waals surface area contributed by atoms with E-state index in [4.69, 9.17) is 0 Å². The van der Waals surface area contributed by atoms with Crippen molar-refractivity contribution in [1.82, 2.24) is 9.97 Å². The van der Waals surface area contributed by atoms with E-state index in [1.807, 2.05) is 19.1 Å². The van der Waals surface area contributed by atoms with E-state index in [1.54, 1.807) is 11.3 Å². The van der Waals surface area contributed by atoms with E-state index in [0.717, 1.165) is 43.4 Å². The maximum absolute atomic E-state index is 4.57. The van der Waals surface area contributed by atoms with E-state index in [9.17, 15) is 0 Å². The van der Waals surface area contributed by atoms with Crippen LogP contribution in [0, 0.1) is 6.92 Å². The zero-order valence-electron chi connectivity index (χ0n) is 10.1. The van der Waals surface area contributed by atoms with Gasteiger partial charge in [-0.3, -0.25) is 0 Å². The molecule has 0 saturated carbocycles. The highest BCUT2D eigenvalue weighted by molar-refractivity contribution is 9.11. The quantitative estimate of drug-likeness (QED) is 0.809. The van der Waals surface area contributed by atoms with Crippen molar-refractivity contribution >= 4 is 49.0 Å². The van der Waals surface area contributed by atoms with Crippen molar-refractivity contribution < 1.29 is 0 Å². The van der Waals surface area contributed by atoms with E-state index in [1.165, 1.54) is 0 Å². The highest BCUT2D eigenvalue weighted by atomic mass is 79.9. The molecule has 2 heterocycles. The minimum atomic E-state index is 0.769. The molecule has 6 heteroatoms. The summed E-state index contributed by atoms with van der Waals surface area (Å²) in [5.74, 6) is 1.63. The van der Waals surface area contributed by atoms with E-state index < -0.39 is 0 Å². The molecule has 0 atom stereocenters. The summed E-state index contributed by atoms with van der Waals surface area (Å²) in [6.45, 7) is 5.02. The van der Waals surface area contributed by atoms with Gasteiger partial charge in [-0.15, -0.1) is 11.3 Å². The number of anilines is 1. The maximum atomic E-state index is 4.57. The first-order valence-electron chi connectivity index (χ1n) is 5.65. The van der Waals surface area contributed by atoms with Gasteiger partial charge in [-0.05, 0) is 57.3 Å². The Morgan fingerprint density at radius 3 is 2.67 bits per heavy atom. The normalized spacial score (nSPS) is 10.7. The summed E-state index contributed by atoms with van der Waals surface area (Å²) in [5.41, 5.74) is 0.947. The Bertz CT molecular complexity index is 554. The summed E-state index contributed by atoms with van der Waals surface area (Å²) in [4.78, 5) is 10.2. The highest BCUT2D eigenvalue weighted by Gasteiger charge is 2.11. The van der Waals surface area contributed by atoms with Crippen molar-refractivity contribution in [2.45, 2.75) is 20.3 Å². The summed E-state index contributed by atoms with van der Waals surface area (Å²) < 4.78 is 2.03. The monoisotopic (exact) mass is 389 g/mol. The van der Waals surface area contributed by atoms with Gasteiger partial charge in [-0.1, -0.05) is 6.92 Å². The van der Waals surface area contributed by atoms with Crippen LogP contribution in [0.25, 0.3) is 10.7 Å². The van der Waals surface area contributed by atoms with Gasteiger partial charge in [-0.2, -0.15) is 0 Å². The Labute approximate surface area is 127 Å². The third-order valence-electron chi connectivity index (χ3n) is 2.35. The lowest BCUT2D eigenvalue weighted by atomic mass is 10.3. The van der Waals surface area contributed by atoms with Gasteiger partial charge in [0.2, 0.25) is 0 Å². The molecule has 0 fully saturated rings. The number of nitrogens with one attached hydrogen (secondary N) is 1. The molecule has 3 nitrogen and oxygen atoms in total. The molecule has 1 N–H and O–H groups in total. The van der Waals surface area contributed by atoms with E-state index in [0.29, 0.717) is 0 Å². The van der Waals surface area contributed by atoms with Gasteiger partial charge in [0.25, 0.3) is 0 Å². The molecule has 2 aromatic rings. The van der Waals surface area contributed by atoms with E-state index in [-0.39, 0.29) is 0 Å². The molecule has 18 heavy (non-hydrogen) atoms. The SMILES string of the molecule is CCCNc1nc(-c2ccc(Br)s2)nc(C)c1Br. The molecule has 0 aliphatic heterocycles. The Morgan fingerprint density at radius 1 is 1.28 bits per heavy atom. The Kier molecular flexibility index (Phi) is 4.75. The summed E-state index contributed by atoms with van der Waals surface area (Å²) >= 11 is 8.63. The lowest BCUT2D eigenvalue weighted by molar-refractivity contribution is 0.959. The molecule has 0 bridgehead atoms. The molecule has 96 valence electrons. The second-order valence-corrected chi connectivity index (χ2v) is 7.08. The van der Waals surface area contributed by atoms with Crippen LogP contribution in [0.2, 0.25) is 0 Å². The lowest BCUT2D eigenvalue weighted by Gasteiger charge is -2.09. The average Bonchev–Trinajstić information content (AvgIpc) is 2.77. The molecule has 0 saturated heterocycles. The number of thiophene rings is 1. The van der Waals surface area contributed by atoms with Crippen LogP contribution in [0.5, 0.6) is 0 Å². The van der Waals surface area contributed by atoms with Crippen LogP contribution in [0.1, 0.15) is 19.0 Å². The van der Waals surface area contributed by atoms with Crippen LogP contribution in [0.4, 0.5) is 5.82 Å². The predicted octanol–water partition coefficient (Wildman–Crippen LogP) is 4.86. The summed E-state index contributed by atoms with van der Waals surface area (Å²) in [7, 11) is 0. The highest BCUT2D eigenvalue weighted by Crippen LogP contribution is 2.32. The van der Waals surface area contributed by atoms with Crippen molar-refractivity contribution in [2.75, 3.05) is 11.9 Å². The number of aryl methyl sites for hydroxylation is 1. The van der Waals surface area contributed by atoms with Crippen LogP contribution < -0.4 is 5.32 Å². The van der Waals surface area contributed by atoms with E-state index in [2.05, 4.69) is 54.1 Å². The summed E-state index contributed by atoms with van der Waals surface area (Å²) in [6.07, 6.45) is 1.06. The van der Waals surface area contributed by atoms with Crippen LogP contribution in [0.15, 0.2) is 20.4 Å². The Morgan fingerprint density at radius 2 is 2.06 bits per heavy atom. The van der Waals surface area contributed by atoms with Crippen LogP contribution in [-0.4, -0.2) is 16.5 Å². The molecular weight excluding hydrogens is 378 g/mol. The first-order chi connectivity index (χ1) is 8.61. The second kappa shape index (κ2) is 6.12. The largest absolute Gasteiger partial charge is 0.369 e. The molecule has 0 spiro atoms. The summed E-state index contributed by atoms with van der Waals surface area (Å²) in [5, 5.41) is 3.32. The lowest BCUT2D eigenvalue weighted by Crippen LogP contribution is -2.05. The molecule has 0 unspecified atom stereocenters. The Hall–Kier alpha value is -0.460. The first-order valence-corrected chi connectivity index (χ1v) is 8.05. The number of aromatic nitrogens is 2. The number of nitrogens with zero attached hydrogens (tertiary/aromatic N) is 2. The third kappa shape index (κ3) is 3.10. The average molecular weight is 391 g/mol. The van der Waals surface area contributed by atoms with Crippen LogP contribution >= 0.6 is 43.2 Å². The fraction of sp³-hybridized carbons (Fsp3) is 0.333. The van der Waals surface area contributed by atoms with Gasteiger partial charge in [0, 0.05) is 6.54 Å². The number of rotatable bonds is 4. The van der Waals surface area contributed by atoms with Gasteiger partial charge >= 0.3 is 0 Å². The molecule has 0 aliphatic carbocycles. The van der Waals surface area contributed by atoms with Gasteiger partial charge in [0.1, 0.15) is 5.82 Å². The zero-order valence-corrected chi connectivity index (χ0v) is 14.1. The van der Waals surface area contributed by atoms with Crippen LogP contribution in [-0.2, 0) is 0 Å². The van der Waals surface area contributed by atoms with Crippen molar-refractivity contribution in [3.05, 3.63) is 26.1 Å². The Balaban J connectivity index is 2.40. The fourth-order valence-electron chi connectivity index (χ4n) is 1.46. The van der Waals surface area contributed by atoms with Gasteiger partial charge in [0.15, 0.2) is 5.82 Å². The topological polar surface area (TPSA) is 37.8 Å². The minimum Gasteiger partial charge on any atom is -0.369 e. The number of halogens is 2. The van der Waals surface area contributed by atoms with Crippen molar-refractivity contribution in [3.63, 3.8) is 0 Å². The fourth-order valence-corrected chi connectivity index (χ4v) is 3.10. The molecule has 0 aliphatic rings. The van der Waals surface area contributed by atoms with Gasteiger partial charge in [-0.25, -0.2) is 9.97 Å². The molecule has 0 amide bonds. The molecule has 2 aromatic heterocycles. The second-order valence-electron chi connectivity index (χ2n) is 3.83. The van der Waals surface area contributed by atoms with Crippen molar-refractivity contribution in [1.29, 1.82) is 0 Å². The van der Waals surface area contributed by atoms with Crippen LogP contribution in [0.3, 0.4) is 0 Å². The van der Waals surface area contributed by atoms with E-state index >= 15 is 0 Å². The third-order valence-corrected chi connectivity index (χ3v) is 4.92. The number of hydrogen-bond acceptors (Lipinski definition) is 4. The number of hydrogen-bond donors (Lipinski definition) is 1. The maximum Gasteiger partial charge on any atom is 0.171 e. The summed E-state index contributed by atoms with van der Waals surface area (Å²) in [6, 6.07) is 4.04.